The van der Waals surface area contributed by atoms with Crippen molar-refractivity contribution in [3.63, 3.8) is 0 Å². The summed E-state index contributed by atoms with van der Waals surface area (Å²) in [6.07, 6.45) is 0. The van der Waals surface area contributed by atoms with E-state index in [1.165, 1.54) is 18.2 Å². The highest BCUT2D eigenvalue weighted by Gasteiger charge is 2.17. The predicted molar refractivity (Wildman–Crippen MR) is 47.1 cm³/mol. The molecule has 0 amide bonds. The monoisotopic (exact) mass is 182 g/mol. The summed E-state index contributed by atoms with van der Waals surface area (Å²) in [5.41, 5.74) is 11.3. The molecule has 5 nitrogen and oxygen atoms in total. The summed E-state index contributed by atoms with van der Waals surface area (Å²) in [4.78, 5) is 10.5. The van der Waals surface area contributed by atoms with Gasteiger partial charge in [-0.1, -0.05) is 0 Å². The highest BCUT2D eigenvalue weighted by molar-refractivity contribution is 5.78. The molecule has 0 spiro atoms. The van der Waals surface area contributed by atoms with Crippen LogP contribution in [-0.2, 0) is 4.79 Å². The van der Waals surface area contributed by atoms with Gasteiger partial charge in [-0.2, -0.15) is 0 Å². The molecule has 13 heavy (non-hydrogen) atoms. The largest absolute Gasteiger partial charge is 0.508 e. The van der Waals surface area contributed by atoms with Gasteiger partial charge in [-0.05, 0) is 18.2 Å². The Morgan fingerprint density at radius 1 is 1.46 bits per heavy atom. The third-order valence-electron chi connectivity index (χ3n) is 1.67. The van der Waals surface area contributed by atoms with Crippen molar-refractivity contribution in [2.75, 3.05) is 5.73 Å². The van der Waals surface area contributed by atoms with Crippen LogP contribution in [0.2, 0.25) is 0 Å². The van der Waals surface area contributed by atoms with Crippen molar-refractivity contribution in [2.45, 2.75) is 6.04 Å². The lowest BCUT2D eigenvalue weighted by atomic mass is 10.1. The molecule has 1 unspecified atom stereocenters. The Hall–Kier alpha value is -1.75. The molecule has 1 atom stereocenters. The van der Waals surface area contributed by atoms with Crippen molar-refractivity contribution in [1.29, 1.82) is 0 Å². The second kappa shape index (κ2) is 3.32. The minimum Gasteiger partial charge on any atom is -0.508 e. The van der Waals surface area contributed by atoms with Crippen molar-refractivity contribution in [3.05, 3.63) is 23.8 Å². The summed E-state index contributed by atoms with van der Waals surface area (Å²) >= 11 is 0. The Balaban J connectivity index is 3.12. The number of hydrogen-bond donors (Lipinski definition) is 4. The normalized spacial score (nSPS) is 12.4. The molecule has 0 aliphatic heterocycles. The van der Waals surface area contributed by atoms with Gasteiger partial charge in [-0.25, -0.2) is 0 Å². The number of aliphatic carboxylic acids is 1. The van der Waals surface area contributed by atoms with Crippen LogP contribution in [0.5, 0.6) is 5.75 Å². The van der Waals surface area contributed by atoms with E-state index in [4.69, 9.17) is 21.7 Å². The van der Waals surface area contributed by atoms with Gasteiger partial charge in [0.1, 0.15) is 11.8 Å². The van der Waals surface area contributed by atoms with Gasteiger partial charge in [0.15, 0.2) is 0 Å². The molecule has 1 aromatic rings. The van der Waals surface area contributed by atoms with Gasteiger partial charge in [-0.3, -0.25) is 4.79 Å². The lowest BCUT2D eigenvalue weighted by Gasteiger charge is -2.09. The molecule has 0 fully saturated rings. The highest BCUT2D eigenvalue weighted by Crippen LogP contribution is 2.23. The summed E-state index contributed by atoms with van der Waals surface area (Å²) in [6.45, 7) is 0. The van der Waals surface area contributed by atoms with Crippen LogP contribution in [0.4, 0.5) is 5.69 Å². The number of nitrogen functional groups attached to an aromatic ring is 1. The molecule has 6 N–H and O–H groups in total. The second-order valence-electron chi connectivity index (χ2n) is 2.63. The first kappa shape index (κ1) is 9.34. The molecule has 0 saturated heterocycles. The van der Waals surface area contributed by atoms with E-state index in [0.29, 0.717) is 0 Å². The molecule has 5 heteroatoms. The molecule has 70 valence electrons. The Kier molecular flexibility index (Phi) is 2.39. The van der Waals surface area contributed by atoms with E-state index in [-0.39, 0.29) is 17.0 Å². The standard InChI is InChI=1S/C8H10N2O3/c9-6-2-1-4(11)3-5(6)7(10)8(12)13/h1-3,7,11H,9-10H2,(H,12,13). The number of hydrogen-bond acceptors (Lipinski definition) is 4. The molecule has 0 aliphatic carbocycles. The van der Waals surface area contributed by atoms with E-state index in [2.05, 4.69) is 0 Å². The summed E-state index contributed by atoms with van der Waals surface area (Å²) in [7, 11) is 0. The third kappa shape index (κ3) is 1.88. The molecule has 0 radical (unpaired) electrons. The zero-order valence-electron chi connectivity index (χ0n) is 6.77. The fourth-order valence-electron chi connectivity index (χ4n) is 0.965. The van der Waals surface area contributed by atoms with Crippen molar-refractivity contribution in [1.82, 2.24) is 0 Å². The number of carbonyl (C=O) groups is 1. The number of phenolic OH excluding ortho intramolecular Hbond substituents is 1. The van der Waals surface area contributed by atoms with Crippen LogP contribution in [0.3, 0.4) is 0 Å². The van der Waals surface area contributed by atoms with Gasteiger partial charge in [0, 0.05) is 11.3 Å². The Morgan fingerprint density at radius 3 is 2.62 bits per heavy atom. The Bertz CT molecular complexity index is 338. The molecule has 0 aromatic heterocycles. The smallest absolute Gasteiger partial charge is 0.325 e. The Morgan fingerprint density at radius 2 is 2.08 bits per heavy atom. The predicted octanol–water partition coefficient (Wildman–Crippen LogP) is 0.0588. The molecule has 0 heterocycles. The van der Waals surface area contributed by atoms with E-state index in [9.17, 15) is 4.79 Å². The number of benzene rings is 1. The summed E-state index contributed by atoms with van der Waals surface area (Å²) in [6, 6.07) is 2.82. The third-order valence-corrected chi connectivity index (χ3v) is 1.67. The number of anilines is 1. The molecular formula is C8H10N2O3. The lowest BCUT2D eigenvalue weighted by Crippen LogP contribution is -2.21. The first-order valence-electron chi connectivity index (χ1n) is 3.59. The molecule has 1 aromatic carbocycles. The quantitative estimate of drug-likeness (QED) is 0.382. The van der Waals surface area contributed by atoms with Crippen molar-refractivity contribution in [3.8, 4) is 5.75 Å². The van der Waals surface area contributed by atoms with Crippen LogP contribution in [0, 0.1) is 0 Å². The fourth-order valence-corrected chi connectivity index (χ4v) is 0.965. The number of carboxylic acid groups (broad SMARTS) is 1. The number of nitrogens with two attached hydrogens (primary N) is 2. The average molecular weight is 182 g/mol. The maximum Gasteiger partial charge on any atom is 0.325 e. The topological polar surface area (TPSA) is 110 Å². The fraction of sp³-hybridized carbons (Fsp3) is 0.125. The van der Waals surface area contributed by atoms with Crippen LogP contribution in [0.15, 0.2) is 18.2 Å². The summed E-state index contributed by atoms with van der Waals surface area (Å²) < 4.78 is 0. The van der Waals surface area contributed by atoms with Gasteiger partial charge in [0.2, 0.25) is 0 Å². The van der Waals surface area contributed by atoms with Crippen LogP contribution < -0.4 is 11.5 Å². The van der Waals surface area contributed by atoms with E-state index < -0.39 is 12.0 Å². The maximum atomic E-state index is 10.5. The van der Waals surface area contributed by atoms with E-state index in [1.807, 2.05) is 0 Å². The number of phenols is 1. The van der Waals surface area contributed by atoms with Crippen LogP contribution in [0.25, 0.3) is 0 Å². The number of carboxylic acids is 1. The second-order valence-corrected chi connectivity index (χ2v) is 2.63. The molecule has 0 bridgehead atoms. The van der Waals surface area contributed by atoms with E-state index in [1.54, 1.807) is 0 Å². The van der Waals surface area contributed by atoms with Crippen molar-refractivity contribution < 1.29 is 15.0 Å². The summed E-state index contributed by atoms with van der Waals surface area (Å²) in [5.74, 6) is -1.24. The number of aromatic hydroxyl groups is 1. The van der Waals surface area contributed by atoms with Gasteiger partial charge < -0.3 is 21.7 Å². The van der Waals surface area contributed by atoms with Crippen molar-refractivity contribution in [2.24, 2.45) is 5.73 Å². The molecule has 0 saturated carbocycles. The minimum atomic E-state index is -1.20. The van der Waals surface area contributed by atoms with Gasteiger partial charge >= 0.3 is 5.97 Å². The Labute approximate surface area is 74.6 Å². The number of rotatable bonds is 2. The van der Waals surface area contributed by atoms with Gasteiger partial charge in [0.25, 0.3) is 0 Å². The van der Waals surface area contributed by atoms with E-state index >= 15 is 0 Å². The van der Waals surface area contributed by atoms with Crippen LogP contribution in [0.1, 0.15) is 11.6 Å². The van der Waals surface area contributed by atoms with Gasteiger partial charge in [0.05, 0.1) is 0 Å². The highest BCUT2D eigenvalue weighted by atomic mass is 16.4. The zero-order chi connectivity index (χ0) is 10.0. The van der Waals surface area contributed by atoms with E-state index in [0.717, 1.165) is 0 Å². The SMILES string of the molecule is Nc1ccc(O)cc1C(N)C(=O)O. The summed E-state index contributed by atoms with van der Waals surface area (Å²) in [5, 5.41) is 17.7. The van der Waals surface area contributed by atoms with Crippen LogP contribution >= 0.6 is 0 Å². The molecule has 1 rings (SSSR count). The minimum absolute atomic E-state index is 0.0547. The first-order valence-corrected chi connectivity index (χ1v) is 3.59. The molecular weight excluding hydrogens is 172 g/mol. The maximum absolute atomic E-state index is 10.5. The van der Waals surface area contributed by atoms with Crippen molar-refractivity contribution >= 4 is 11.7 Å². The van der Waals surface area contributed by atoms with Crippen LogP contribution in [-0.4, -0.2) is 16.2 Å². The zero-order valence-corrected chi connectivity index (χ0v) is 6.77. The average Bonchev–Trinajstić information content (AvgIpc) is 2.08. The van der Waals surface area contributed by atoms with Gasteiger partial charge in [-0.15, -0.1) is 0 Å². The lowest BCUT2D eigenvalue weighted by molar-refractivity contribution is -0.138. The molecule has 0 aliphatic rings. The first-order chi connectivity index (χ1) is 6.02.